The third-order valence-electron chi connectivity index (χ3n) is 3.58. The number of hydrazine groups is 1. The van der Waals surface area contributed by atoms with Gasteiger partial charge in [-0.3, -0.25) is 4.99 Å². The molecule has 0 saturated heterocycles. The quantitative estimate of drug-likeness (QED) is 0.289. The Balaban J connectivity index is 2.36. The minimum atomic E-state index is -4.75. The van der Waals surface area contributed by atoms with Crippen molar-refractivity contribution >= 4 is 5.84 Å². The second-order valence-electron chi connectivity index (χ2n) is 5.08. The maximum atomic E-state index is 14.1. The first-order valence-electron chi connectivity index (χ1n) is 6.84. The number of hydrogen-bond acceptors (Lipinski definition) is 2. The molecule has 3 nitrogen and oxygen atoms in total. The van der Waals surface area contributed by atoms with Gasteiger partial charge in [-0.2, -0.15) is 13.2 Å². The molecule has 0 aromatic heterocycles. The van der Waals surface area contributed by atoms with Gasteiger partial charge in [0.1, 0.15) is 11.7 Å². The van der Waals surface area contributed by atoms with E-state index in [0.717, 1.165) is 38.2 Å². The van der Waals surface area contributed by atoms with E-state index in [1.807, 2.05) is 0 Å². The molecule has 21 heavy (non-hydrogen) atoms. The van der Waals surface area contributed by atoms with E-state index in [0.29, 0.717) is 6.07 Å². The Kier molecular flexibility index (Phi) is 4.82. The third-order valence-corrected chi connectivity index (χ3v) is 3.58. The van der Waals surface area contributed by atoms with Gasteiger partial charge in [-0.25, -0.2) is 10.2 Å². The molecule has 0 aliphatic heterocycles. The molecule has 1 aliphatic carbocycles. The highest BCUT2D eigenvalue weighted by Gasteiger charge is 2.35. The number of alkyl halides is 3. The fraction of sp³-hybridized carbons (Fsp3) is 0.500. The number of benzene rings is 1. The van der Waals surface area contributed by atoms with Gasteiger partial charge in [-0.15, -0.1) is 0 Å². The van der Waals surface area contributed by atoms with Crippen LogP contribution in [0.1, 0.15) is 43.2 Å². The number of aliphatic imine (C=N–C) groups is 1. The van der Waals surface area contributed by atoms with E-state index in [1.54, 1.807) is 0 Å². The smallest absolute Gasteiger partial charge is 0.308 e. The van der Waals surface area contributed by atoms with Crippen molar-refractivity contribution in [2.24, 2.45) is 10.8 Å². The van der Waals surface area contributed by atoms with E-state index >= 15 is 0 Å². The molecule has 0 unspecified atom stereocenters. The average Bonchev–Trinajstić information content (AvgIpc) is 2.45. The molecule has 0 heterocycles. The molecule has 0 spiro atoms. The first-order chi connectivity index (χ1) is 9.93. The van der Waals surface area contributed by atoms with Crippen molar-refractivity contribution in [3.05, 3.63) is 35.1 Å². The van der Waals surface area contributed by atoms with Gasteiger partial charge < -0.3 is 5.43 Å². The highest BCUT2D eigenvalue weighted by molar-refractivity contribution is 5.99. The molecule has 0 radical (unpaired) electrons. The maximum absolute atomic E-state index is 14.1. The Morgan fingerprint density at radius 2 is 1.86 bits per heavy atom. The lowest BCUT2D eigenvalue weighted by Crippen LogP contribution is -2.34. The van der Waals surface area contributed by atoms with E-state index in [9.17, 15) is 17.6 Å². The van der Waals surface area contributed by atoms with Gasteiger partial charge in [0, 0.05) is 0 Å². The van der Waals surface area contributed by atoms with Crippen molar-refractivity contribution in [3.63, 3.8) is 0 Å². The van der Waals surface area contributed by atoms with Crippen LogP contribution in [0.4, 0.5) is 17.6 Å². The Hall–Kier alpha value is -1.63. The van der Waals surface area contributed by atoms with E-state index in [-0.39, 0.29) is 17.4 Å². The van der Waals surface area contributed by atoms with Gasteiger partial charge in [0.2, 0.25) is 0 Å². The number of rotatable bonds is 2. The van der Waals surface area contributed by atoms with E-state index in [2.05, 4.69) is 10.4 Å². The first-order valence-corrected chi connectivity index (χ1v) is 6.84. The molecule has 7 heteroatoms. The van der Waals surface area contributed by atoms with E-state index < -0.39 is 17.6 Å². The molecule has 2 rings (SSSR count). The zero-order chi connectivity index (χ0) is 15.5. The van der Waals surface area contributed by atoms with Crippen LogP contribution in [0.3, 0.4) is 0 Å². The summed E-state index contributed by atoms with van der Waals surface area (Å²) in [6.07, 6.45) is 0.0751. The van der Waals surface area contributed by atoms with E-state index in [1.165, 1.54) is 6.07 Å². The standard InChI is InChI=1S/C14H17F4N3/c15-12-10(7-4-8-11(12)14(16,17)18)13(21-19)20-9-5-2-1-3-6-9/h4,7-9H,1-3,5-6,19H2,(H,20,21). The van der Waals surface area contributed by atoms with Crippen molar-refractivity contribution < 1.29 is 17.6 Å². The molecular formula is C14H17F4N3. The van der Waals surface area contributed by atoms with Crippen LogP contribution in [0.2, 0.25) is 0 Å². The molecular weight excluding hydrogens is 286 g/mol. The van der Waals surface area contributed by atoms with Gasteiger partial charge in [0.15, 0.2) is 0 Å². The minimum absolute atomic E-state index is 0.0289. The van der Waals surface area contributed by atoms with Crippen molar-refractivity contribution in [1.82, 2.24) is 5.43 Å². The maximum Gasteiger partial charge on any atom is 0.419 e. The monoisotopic (exact) mass is 303 g/mol. The Labute approximate surface area is 120 Å². The number of nitrogens with two attached hydrogens (primary N) is 1. The van der Waals surface area contributed by atoms with E-state index in [4.69, 9.17) is 5.84 Å². The third kappa shape index (κ3) is 3.72. The number of hydrogen-bond donors (Lipinski definition) is 2. The fourth-order valence-electron chi connectivity index (χ4n) is 2.51. The molecule has 0 bridgehead atoms. The SMILES string of the molecule is NNC(=NC1CCCCC1)c1cccc(C(F)(F)F)c1F. The second kappa shape index (κ2) is 6.43. The molecule has 1 aliphatic rings. The lowest BCUT2D eigenvalue weighted by atomic mass is 9.96. The molecule has 0 amide bonds. The number of nitrogens with zero attached hydrogens (tertiary/aromatic N) is 1. The van der Waals surface area contributed by atoms with Gasteiger partial charge in [-0.05, 0) is 25.0 Å². The van der Waals surface area contributed by atoms with Crippen molar-refractivity contribution in [2.75, 3.05) is 0 Å². The fourth-order valence-corrected chi connectivity index (χ4v) is 2.51. The second-order valence-corrected chi connectivity index (χ2v) is 5.08. The van der Waals surface area contributed by atoms with Crippen LogP contribution < -0.4 is 11.3 Å². The predicted octanol–water partition coefficient (Wildman–Crippen LogP) is 3.39. The lowest BCUT2D eigenvalue weighted by Gasteiger charge is -2.20. The minimum Gasteiger partial charge on any atom is -0.308 e. The molecule has 1 saturated carbocycles. The number of halogens is 4. The Morgan fingerprint density at radius 1 is 1.19 bits per heavy atom. The van der Waals surface area contributed by atoms with Crippen molar-refractivity contribution in [3.8, 4) is 0 Å². The summed E-state index contributed by atoms with van der Waals surface area (Å²) in [6.45, 7) is 0. The zero-order valence-electron chi connectivity index (χ0n) is 11.4. The Bertz CT molecular complexity index is 519. The van der Waals surface area contributed by atoms with Gasteiger partial charge >= 0.3 is 6.18 Å². The van der Waals surface area contributed by atoms with Crippen LogP contribution in [-0.4, -0.2) is 11.9 Å². The van der Waals surface area contributed by atoms with Crippen LogP contribution in [-0.2, 0) is 6.18 Å². The molecule has 1 aromatic carbocycles. The van der Waals surface area contributed by atoms with Crippen molar-refractivity contribution in [1.29, 1.82) is 0 Å². The van der Waals surface area contributed by atoms with Crippen LogP contribution >= 0.6 is 0 Å². The summed E-state index contributed by atoms with van der Waals surface area (Å²) in [5.74, 6) is 3.94. The van der Waals surface area contributed by atoms with Crippen LogP contribution in [0.5, 0.6) is 0 Å². The normalized spacial score (nSPS) is 17.9. The summed E-state index contributed by atoms with van der Waals surface area (Å²) in [5.41, 5.74) is 0.663. The van der Waals surface area contributed by atoms with Crippen molar-refractivity contribution in [2.45, 2.75) is 44.3 Å². The first kappa shape index (κ1) is 15.8. The molecule has 1 fully saturated rings. The topological polar surface area (TPSA) is 50.4 Å². The summed E-state index contributed by atoms with van der Waals surface area (Å²) in [5, 5.41) is 0. The molecule has 0 atom stereocenters. The van der Waals surface area contributed by atoms with Gasteiger partial charge in [-0.1, -0.05) is 25.3 Å². The largest absolute Gasteiger partial charge is 0.419 e. The molecule has 1 aromatic rings. The molecule has 3 N–H and O–H groups in total. The van der Waals surface area contributed by atoms with Gasteiger partial charge in [0.25, 0.3) is 0 Å². The zero-order valence-corrected chi connectivity index (χ0v) is 11.4. The summed E-state index contributed by atoms with van der Waals surface area (Å²) < 4.78 is 52.2. The summed E-state index contributed by atoms with van der Waals surface area (Å²) in [4.78, 5) is 4.28. The highest BCUT2D eigenvalue weighted by atomic mass is 19.4. The Morgan fingerprint density at radius 3 is 2.43 bits per heavy atom. The number of amidine groups is 1. The number of nitrogens with one attached hydrogen (secondary N) is 1. The molecule has 116 valence electrons. The summed E-state index contributed by atoms with van der Waals surface area (Å²) >= 11 is 0. The van der Waals surface area contributed by atoms with Crippen LogP contribution in [0, 0.1) is 5.82 Å². The summed E-state index contributed by atoms with van der Waals surface area (Å²) in [7, 11) is 0. The summed E-state index contributed by atoms with van der Waals surface area (Å²) in [6, 6.07) is 3.06. The van der Waals surface area contributed by atoms with Gasteiger partial charge in [0.05, 0.1) is 17.2 Å². The lowest BCUT2D eigenvalue weighted by molar-refractivity contribution is -0.140. The predicted molar refractivity (Wildman–Crippen MR) is 72.1 cm³/mol. The van der Waals surface area contributed by atoms with Crippen LogP contribution in [0.25, 0.3) is 0 Å². The highest BCUT2D eigenvalue weighted by Crippen LogP contribution is 2.32. The average molecular weight is 303 g/mol. The van der Waals surface area contributed by atoms with Crippen LogP contribution in [0.15, 0.2) is 23.2 Å².